The van der Waals surface area contributed by atoms with Crippen LogP contribution < -0.4 is 0 Å². The van der Waals surface area contributed by atoms with Crippen LogP contribution in [-0.2, 0) is 12.0 Å². The van der Waals surface area contributed by atoms with Gasteiger partial charge in [-0.05, 0) is 68.2 Å². The van der Waals surface area contributed by atoms with Crippen LogP contribution in [0.25, 0.3) is 0 Å². The van der Waals surface area contributed by atoms with E-state index in [2.05, 4.69) is 72.5 Å². The van der Waals surface area contributed by atoms with E-state index in [1.807, 2.05) is 0 Å². The van der Waals surface area contributed by atoms with Crippen molar-refractivity contribution in [2.24, 2.45) is 11.8 Å². The molecule has 1 heteroatoms. The SMILES string of the molecule is CC1CCCC(c2ccccc2)(N2CCC(Cc3ccccc3)CC2)C1. The Labute approximate surface area is 159 Å². The van der Waals surface area contributed by atoms with Gasteiger partial charge in [-0.15, -0.1) is 0 Å². The molecule has 1 aliphatic carbocycles. The van der Waals surface area contributed by atoms with Gasteiger partial charge in [0.2, 0.25) is 0 Å². The van der Waals surface area contributed by atoms with Crippen LogP contribution >= 0.6 is 0 Å². The van der Waals surface area contributed by atoms with Gasteiger partial charge in [-0.2, -0.15) is 0 Å². The van der Waals surface area contributed by atoms with Gasteiger partial charge >= 0.3 is 0 Å². The molecule has 1 nitrogen and oxygen atoms in total. The van der Waals surface area contributed by atoms with Crippen LogP contribution in [0, 0.1) is 11.8 Å². The molecule has 2 unspecified atom stereocenters. The van der Waals surface area contributed by atoms with Gasteiger partial charge in [0.05, 0.1) is 0 Å². The Balaban J connectivity index is 1.48. The molecule has 0 aromatic heterocycles. The highest BCUT2D eigenvalue weighted by Gasteiger charge is 2.42. The first kappa shape index (κ1) is 17.8. The van der Waals surface area contributed by atoms with Crippen molar-refractivity contribution in [2.75, 3.05) is 13.1 Å². The summed E-state index contributed by atoms with van der Waals surface area (Å²) in [4.78, 5) is 2.86. The second-order valence-corrected chi connectivity index (χ2v) is 8.72. The monoisotopic (exact) mass is 347 g/mol. The summed E-state index contributed by atoms with van der Waals surface area (Å²) in [7, 11) is 0. The molecule has 0 spiro atoms. The normalized spacial score (nSPS) is 28.1. The van der Waals surface area contributed by atoms with Crippen LogP contribution in [0.1, 0.15) is 56.6 Å². The molecule has 2 aromatic carbocycles. The molecule has 2 aromatic rings. The summed E-state index contributed by atoms with van der Waals surface area (Å²) >= 11 is 0. The van der Waals surface area contributed by atoms with Gasteiger partial charge < -0.3 is 0 Å². The van der Waals surface area contributed by atoms with E-state index < -0.39 is 0 Å². The summed E-state index contributed by atoms with van der Waals surface area (Å²) < 4.78 is 0. The summed E-state index contributed by atoms with van der Waals surface area (Å²) in [6.07, 6.45) is 9.39. The lowest BCUT2D eigenvalue weighted by molar-refractivity contribution is 0.00292. The van der Waals surface area contributed by atoms with Crippen LogP contribution in [0.15, 0.2) is 60.7 Å². The Morgan fingerprint density at radius 3 is 2.19 bits per heavy atom. The fraction of sp³-hybridized carbons (Fsp3) is 0.520. The first-order valence-electron chi connectivity index (χ1n) is 10.6. The topological polar surface area (TPSA) is 3.24 Å². The molecule has 26 heavy (non-hydrogen) atoms. The standard InChI is InChI=1S/C25H33N/c1-21-9-8-16-25(20-21,24-12-6-3-7-13-24)26-17-14-23(15-18-26)19-22-10-4-2-5-11-22/h2-7,10-13,21,23H,8-9,14-20H2,1H3. The fourth-order valence-electron chi connectivity index (χ4n) is 5.52. The lowest BCUT2D eigenvalue weighted by atomic mass is 9.70. The predicted molar refractivity (Wildman–Crippen MR) is 110 cm³/mol. The summed E-state index contributed by atoms with van der Waals surface area (Å²) in [5.41, 5.74) is 3.36. The van der Waals surface area contributed by atoms with Crippen LogP contribution in [0.2, 0.25) is 0 Å². The molecule has 1 saturated heterocycles. The van der Waals surface area contributed by atoms with Crippen molar-refractivity contribution in [3.63, 3.8) is 0 Å². The zero-order valence-corrected chi connectivity index (χ0v) is 16.2. The van der Waals surface area contributed by atoms with E-state index in [9.17, 15) is 0 Å². The van der Waals surface area contributed by atoms with E-state index in [1.165, 1.54) is 63.6 Å². The Kier molecular flexibility index (Phi) is 5.45. The number of hydrogen-bond donors (Lipinski definition) is 0. The first-order valence-corrected chi connectivity index (χ1v) is 10.6. The van der Waals surface area contributed by atoms with Crippen molar-refractivity contribution in [1.29, 1.82) is 0 Å². The molecular formula is C25H33N. The third-order valence-electron chi connectivity index (χ3n) is 6.87. The zero-order chi connectivity index (χ0) is 17.8. The van der Waals surface area contributed by atoms with Crippen molar-refractivity contribution in [2.45, 2.75) is 57.4 Å². The van der Waals surface area contributed by atoms with Crippen LogP contribution in [-0.4, -0.2) is 18.0 Å². The maximum absolute atomic E-state index is 2.86. The second kappa shape index (κ2) is 7.96. The van der Waals surface area contributed by atoms with E-state index in [0.717, 1.165) is 11.8 Å². The minimum atomic E-state index is 0.288. The molecule has 4 rings (SSSR count). The van der Waals surface area contributed by atoms with E-state index in [0.29, 0.717) is 0 Å². The maximum Gasteiger partial charge on any atom is 0.0463 e. The number of nitrogens with zero attached hydrogens (tertiary/aromatic N) is 1. The first-order chi connectivity index (χ1) is 12.8. The molecule has 1 heterocycles. The van der Waals surface area contributed by atoms with Crippen LogP contribution in [0.4, 0.5) is 0 Å². The highest BCUT2D eigenvalue weighted by molar-refractivity contribution is 5.26. The third-order valence-corrected chi connectivity index (χ3v) is 6.87. The highest BCUT2D eigenvalue weighted by atomic mass is 15.2. The minimum Gasteiger partial charge on any atom is -0.294 e. The Bertz CT molecular complexity index is 672. The lowest BCUT2D eigenvalue weighted by Gasteiger charge is -2.51. The number of rotatable bonds is 4. The zero-order valence-electron chi connectivity index (χ0n) is 16.2. The average Bonchev–Trinajstić information content (AvgIpc) is 2.70. The molecule has 2 fully saturated rings. The molecule has 1 aliphatic heterocycles. The summed E-state index contributed by atoms with van der Waals surface area (Å²) in [6.45, 7) is 4.98. The third kappa shape index (κ3) is 3.74. The van der Waals surface area contributed by atoms with Gasteiger partial charge in [0, 0.05) is 5.54 Å². The quantitative estimate of drug-likeness (QED) is 0.651. The molecule has 1 saturated carbocycles. The number of piperidine rings is 1. The van der Waals surface area contributed by atoms with Crippen molar-refractivity contribution >= 4 is 0 Å². The molecule has 138 valence electrons. The largest absolute Gasteiger partial charge is 0.294 e. The van der Waals surface area contributed by atoms with Crippen molar-refractivity contribution < 1.29 is 0 Å². The molecule has 0 radical (unpaired) electrons. The van der Waals surface area contributed by atoms with E-state index in [4.69, 9.17) is 0 Å². The number of hydrogen-bond acceptors (Lipinski definition) is 1. The van der Waals surface area contributed by atoms with E-state index in [-0.39, 0.29) is 5.54 Å². The Morgan fingerprint density at radius 2 is 1.54 bits per heavy atom. The molecular weight excluding hydrogens is 314 g/mol. The van der Waals surface area contributed by atoms with Gasteiger partial charge in [0.15, 0.2) is 0 Å². The van der Waals surface area contributed by atoms with Crippen LogP contribution in [0.3, 0.4) is 0 Å². The van der Waals surface area contributed by atoms with Crippen LogP contribution in [0.5, 0.6) is 0 Å². The Morgan fingerprint density at radius 1 is 0.885 bits per heavy atom. The van der Waals surface area contributed by atoms with Gasteiger partial charge in [0.1, 0.15) is 0 Å². The van der Waals surface area contributed by atoms with Gasteiger partial charge in [-0.3, -0.25) is 4.90 Å². The fourth-order valence-corrected chi connectivity index (χ4v) is 5.52. The molecule has 0 N–H and O–H groups in total. The number of likely N-dealkylation sites (tertiary alicyclic amines) is 1. The van der Waals surface area contributed by atoms with Crippen molar-refractivity contribution in [3.8, 4) is 0 Å². The van der Waals surface area contributed by atoms with E-state index in [1.54, 1.807) is 5.56 Å². The van der Waals surface area contributed by atoms with Gasteiger partial charge in [-0.25, -0.2) is 0 Å². The summed E-state index contributed by atoms with van der Waals surface area (Å²) in [5.74, 6) is 1.69. The number of benzene rings is 2. The molecule has 2 atom stereocenters. The van der Waals surface area contributed by atoms with Crippen molar-refractivity contribution in [3.05, 3.63) is 71.8 Å². The van der Waals surface area contributed by atoms with E-state index >= 15 is 0 Å². The van der Waals surface area contributed by atoms with Crippen molar-refractivity contribution in [1.82, 2.24) is 4.90 Å². The second-order valence-electron chi connectivity index (χ2n) is 8.72. The summed E-state index contributed by atoms with van der Waals surface area (Å²) in [5, 5.41) is 0. The maximum atomic E-state index is 2.86. The lowest BCUT2D eigenvalue weighted by Crippen LogP contribution is -2.52. The molecule has 0 amide bonds. The Hall–Kier alpha value is -1.60. The van der Waals surface area contributed by atoms with Gasteiger partial charge in [0.25, 0.3) is 0 Å². The molecule has 0 bridgehead atoms. The predicted octanol–water partition coefficient (Wildman–Crippen LogP) is 6.05. The highest BCUT2D eigenvalue weighted by Crippen LogP contribution is 2.46. The smallest absolute Gasteiger partial charge is 0.0463 e. The summed E-state index contributed by atoms with van der Waals surface area (Å²) in [6, 6.07) is 22.5. The minimum absolute atomic E-state index is 0.288. The molecule has 2 aliphatic rings. The average molecular weight is 348 g/mol. The van der Waals surface area contributed by atoms with Gasteiger partial charge in [-0.1, -0.05) is 80.4 Å².